The zero-order valence-corrected chi connectivity index (χ0v) is 10.2. The van der Waals surface area contributed by atoms with Crippen molar-refractivity contribution in [1.82, 2.24) is 9.97 Å². The van der Waals surface area contributed by atoms with Crippen molar-refractivity contribution in [2.45, 2.75) is 6.42 Å². The van der Waals surface area contributed by atoms with E-state index in [0.717, 1.165) is 11.3 Å². The minimum atomic E-state index is -0.837. The molecule has 0 spiro atoms. The minimum Gasteiger partial charge on any atom is -0.481 e. The van der Waals surface area contributed by atoms with Gasteiger partial charge in [-0.2, -0.15) is 0 Å². The Bertz CT molecular complexity index is 565. The van der Waals surface area contributed by atoms with Gasteiger partial charge in [-0.05, 0) is 23.8 Å². The van der Waals surface area contributed by atoms with Gasteiger partial charge >= 0.3 is 5.97 Å². The molecule has 0 aliphatic heterocycles. The largest absolute Gasteiger partial charge is 0.481 e. The maximum atomic E-state index is 10.4. The first-order chi connectivity index (χ1) is 9.24. The summed E-state index contributed by atoms with van der Waals surface area (Å²) in [6.45, 7) is 0. The van der Waals surface area contributed by atoms with Crippen molar-refractivity contribution in [2.75, 3.05) is 5.32 Å². The average molecular weight is 255 g/mol. The lowest BCUT2D eigenvalue weighted by molar-refractivity contribution is -0.135. The molecule has 1 heterocycles. The van der Waals surface area contributed by atoms with Crippen LogP contribution in [0.15, 0.2) is 48.8 Å². The van der Waals surface area contributed by atoms with E-state index in [2.05, 4.69) is 15.3 Å². The van der Waals surface area contributed by atoms with E-state index < -0.39 is 5.97 Å². The van der Waals surface area contributed by atoms with Gasteiger partial charge in [0.1, 0.15) is 0 Å². The lowest BCUT2D eigenvalue weighted by atomic mass is 10.2. The van der Waals surface area contributed by atoms with Crippen molar-refractivity contribution in [3.05, 3.63) is 54.4 Å². The lowest BCUT2D eigenvalue weighted by Crippen LogP contribution is -1.95. The Balaban J connectivity index is 1.98. The topological polar surface area (TPSA) is 75.1 Å². The van der Waals surface area contributed by atoms with E-state index in [1.165, 1.54) is 0 Å². The number of hydrogen-bond acceptors (Lipinski definition) is 4. The van der Waals surface area contributed by atoms with Gasteiger partial charge in [-0.25, -0.2) is 9.97 Å². The van der Waals surface area contributed by atoms with E-state index in [1.807, 2.05) is 24.3 Å². The summed E-state index contributed by atoms with van der Waals surface area (Å²) in [5.41, 5.74) is 1.82. The van der Waals surface area contributed by atoms with E-state index in [-0.39, 0.29) is 6.42 Å². The van der Waals surface area contributed by atoms with Gasteiger partial charge < -0.3 is 10.4 Å². The second kappa shape index (κ2) is 6.30. The molecule has 1 aromatic carbocycles. The standard InChI is InChI=1S/C14H13N3O2/c18-13(19)4-1-3-11-5-7-12(8-6-11)17-14-15-9-2-10-16-14/h1-3,5-10H,4H2,(H,18,19)(H,15,16,17)/b3-1+. The van der Waals surface area contributed by atoms with Crippen molar-refractivity contribution in [1.29, 1.82) is 0 Å². The number of aromatic nitrogens is 2. The van der Waals surface area contributed by atoms with Crippen LogP contribution in [-0.2, 0) is 4.79 Å². The zero-order chi connectivity index (χ0) is 13.5. The zero-order valence-electron chi connectivity index (χ0n) is 10.2. The summed E-state index contributed by atoms with van der Waals surface area (Å²) in [5.74, 6) is -0.299. The van der Waals surface area contributed by atoms with Crippen LogP contribution < -0.4 is 5.32 Å². The molecule has 96 valence electrons. The van der Waals surface area contributed by atoms with E-state index in [9.17, 15) is 4.79 Å². The van der Waals surface area contributed by atoms with Crippen LogP contribution in [0, 0.1) is 0 Å². The smallest absolute Gasteiger partial charge is 0.307 e. The number of carbonyl (C=O) groups is 1. The van der Waals surface area contributed by atoms with Crippen molar-refractivity contribution in [3.8, 4) is 0 Å². The number of carboxylic acid groups (broad SMARTS) is 1. The number of aliphatic carboxylic acids is 1. The van der Waals surface area contributed by atoms with Crippen LogP contribution in [0.1, 0.15) is 12.0 Å². The van der Waals surface area contributed by atoms with Crippen LogP contribution in [-0.4, -0.2) is 21.0 Å². The lowest BCUT2D eigenvalue weighted by Gasteiger charge is -2.03. The van der Waals surface area contributed by atoms with Gasteiger partial charge in [0.25, 0.3) is 0 Å². The van der Waals surface area contributed by atoms with Gasteiger partial charge in [0.2, 0.25) is 5.95 Å². The number of benzene rings is 1. The quantitative estimate of drug-likeness (QED) is 0.859. The maximum Gasteiger partial charge on any atom is 0.307 e. The van der Waals surface area contributed by atoms with Crippen LogP contribution >= 0.6 is 0 Å². The number of nitrogens with one attached hydrogen (secondary N) is 1. The van der Waals surface area contributed by atoms with Gasteiger partial charge in [0.15, 0.2) is 0 Å². The van der Waals surface area contributed by atoms with Crippen molar-refractivity contribution in [3.63, 3.8) is 0 Å². The monoisotopic (exact) mass is 255 g/mol. The molecule has 2 rings (SSSR count). The summed E-state index contributed by atoms with van der Waals surface area (Å²) in [7, 11) is 0. The van der Waals surface area contributed by atoms with E-state index >= 15 is 0 Å². The second-order valence-electron chi connectivity index (χ2n) is 3.82. The fourth-order valence-electron chi connectivity index (χ4n) is 1.47. The number of nitrogens with zero attached hydrogens (tertiary/aromatic N) is 2. The van der Waals surface area contributed by atoms with E-state index in [4.69, 9.17) is 5.11 Å². The molecule has 0 amide bonds. The molecule has 1 aromatic heterocycles. The van der Waals surface area contributed by atoms with Crippen LogP contribution in [0.2, 0.25) is 0 Å². The fourth-order valence-corrected chi connectivity index (χ4v) is 1.47. The average Bonchev–Trinajstić information content (AvgIpc) is 2.42. The van der Waals surface area contributed by atoms with E-state index in [1.54, 1.807) is 30.6 Å². The Labute approximate surface area is 110 Å². The van der Waals surface area contributed by atoms with Crippen molar-refractivity contribution < 1.29 is 9.90 Å². The van der Waals surface area contributed by atoms with Gasteiger partial charge in [0.05, 0.1) is 6.42 Å². The Kier molecular flexibility index (Phi) is 4.23. The van der Waals surface area contributed by atoms with Gasteiger partial charge in [-0.15, -0.1) is 0 Å². The van der Waals surface area contributed by atoms with Crippen molar-refractivity contribution >= 4 is 23.7 Å². The van der Waals surface area contributed by atoms with Gasteiger partial charge in [-0.3, -0.25) is 4.79 Å². The highest BCUT2D eigenvalue weighted by Gasteiger charge is 1.96. The Morgan fingerprint density at radius 2 is 1.89 bits per heavy atom. The SMILES string of the molecule is O=C(O)C/C=C/c1ccc(Nc2ncccn2)cc1. The number of hydrogen-bond donors (Lipinski definition) is 2. The molecule has 0 aliphatic carbocycles. The third-order valence-corrected chi connectivity index (χ3v) is 2.34. The molecule has 0 saturated heterocycles. The number of carboxylic acids is 1. The molecule has 0 saturated carbocycles. The summed E-state index contributed by atoms with van der Waals surface area (Å²) in [6.07, 6.45) is 6.75. The fraction of sp³-hybridized carbons (Fsp3) is 0.0714. The van der Waals surface area contributed by atoms with Crippen LogP contribution in [0.5, 0.6) is 0 Å². The summed E-state index contributed by atoms with van der Waals surface area (Å²) in [6, 6.07) is 9.31. The first-order valence-electron chi connectivity index (χ1n) is 5.76. The van der Waals surface area contributed by atoms with Crippen LogP contribution in [0.3, 0.4) is 0 Å². The first kappa shape index (κ1) is 12.8. The molecule has 5 nitrogen and oxygen atoms in total. The molecule has 19 heavy (non-hydrogen) atoms. The molecule has 0 bridgehead atoms. The summed E-state index contributed by atoms with van der Waals surface area (Å²) in [5, 5.41) is 11.6. The molecule has 0 radical (unpaired) electrons. The third-order valence-electron chi connectivity index (χ3n) is 2.34. The molecule has 0 fully saturated rings. The predicted octanol–water partition coefficient (Wildman–Crippen LogP) is 2.71. The molecule has 5 heteroatoms. The summed E-state index contributed by atoms with van der Waals surface area (Å²) >= 11 is 0. The van der Waals surface area contributed by atoms with Gasteiger partial charge in [0, 0.05) is 18.1 Å². The van der Waals surface area contributed by atoms with Crippen molar-refractivity contribution in [2.24, 2.45) is 0 Å². The highest BCUT2D eigenvalue weighted by atomic mass is 16.4. The Hall–Kier alpha value is -2.69. The molecule has 2 N–H and O–H groups in total. The molecule has 0 atom stereocenters. The second-order valence-corrected chi connectivity index (χ2v) is 3.82. The molecule has 2 aromatic rings. The molecular weight excluding hydrogens is 242 g/mol. The number of anilines is 2. The molecular formula is C14H13N3O2. The van der Waals surface area contributed by atoms with E-state index in [0.29, 0.717) is 5.95 Å². The van der Waals surface area contributed by atoms with Crippen LogP contribution in [0.25, 0.3) is 6.08 Å². The van der Waals surface area contributed by atoms with Crippen LogP contribution in [0.4, 0.5) is 11.6 Å². The first-order valence-corrected chi connectivity index (χ1v) is 5.76. The molecule has 0 unspecified atom stereocenters. The Morgan fingerprint density at radius 1 is 1.21 bits per heavy atom. The summed E-state index contributed by atoms with van der Waals surface area (Å²) in [4.78, 5) is 18.5. The minimum absolute atomic E-state index is 0.0257. The number of rotatable bonds is 5. The highest BCUT2D eigenvalue weighted by Crippen LogP contribution is 2.14. The normalized spacial score (nSPS) is 10.5. The third kappa shape index (κ3) is 4.23. The summed E-state index contributed by atoms with van der Waals surface area (Å²) < 4.78 is 0. The maximum absolute atomic E-state index is 10.4. The predicted molar refractivity (Wildman–Crippen MR) is 73.0 cm³/mol. The molecule has 0 aliphatic rings. The Morgan fingerprint density at radius 3 is 2.53 bits per heavy atom. The highest BCUT2D eigenvalue weighted by molar-refractivity contribution is 5.70. The van der Waals surface area contributed by atoms with Gasteiger partial charge in [-0.1, -0.05) is 24.3 Å².